The Morgan fingerprint density at radius 3 is 2.60 bits per heavy atom. The topological polar surface area (TPSA) is 65.4 Å². The van der Waals surface area contributed by atoms with E-state index in [4.69, 9.17) is 9.47 Å². The smallest absolute Gasteiger partial charge is 0.255 e. The van der Waals surface area contributed by atoms with Crippen LogP contribution in [0.2, 0.25) is 0 Å². The lowest BCUT2D eigenvalue weighted by Crippen LogP contribution is -2.26. The zero-order valence-electron chi connectivity index (χ0n) is 14.8. The van der Waals surface area contributed by atoms with Gasteiger partial charge >= 0.3 is 0 Å². The number of nitrogens with zero attached hydrogens (tertiary/aromatic N) is 2. The van der Waals surface area contributed by atoms with Gasteiger partial charge in [0.2, 0.25) is 0 Å². The SMILES string of the molecule is COCCOCCCNC(=O)c1c(C)nn(-c2ccc(F)cc2)c1C. The maximum absolute atomic E-state index is 13.1. The normalized spacial score (nSPS) is 10.9. The van der Waals surface area contributed by atoms with E-state index in [1.807, 2.05) is 6.92 Å². The first kappa shape index (κ1) is 19.1. The Balaban J connectivity index is 1.95. The van der Waals surface area contributed by atoms with Crippen LogP contribution in [-0.2, 0) is 9.47 Å². The van der Waals surface area contributed by atoms with E-state index in [1.165, 1.54) is 12.1 Å². The molecule has 1 N–H and O–H groups in total. The Kier molecular flexibility index (Phi) is 7.09. The van der Waals surface area contributed by atoms with Gasteiger partial charge in [0.05, 0.1) is 35.9 Å². The van der Waals surface area contributed by atoms with Gasteiger partial charge in [-0.3, -0.25) is 4.79 Å². The predicted octanol–water partition coefficient (Wildman–Crippen LogP) is 2.41. The van der Waals surface area contributed by atoms with Crippen LogP contribution in [0.4, 0.5) is 4.39 Å². The van der Waals surface area contributed by atoms with Crippen LogP contribution in [0.3, 0.4) is 0 Å². The molecule has 0 aliphatic heterocycles. The van der Waals surface area contributed by atoms with E-state index in [0.29, 0.717) is 43.3 Å². The first-order chi connectivity index (χ1) is 12.0. The average molecular weight is 349 g/mol. The van der Waals surface area contributed by atoms with E-state index in [9.17, 15) is 9.18 Å². The number of aromatic nitrogens is 2. The van der Waals surface area contributed by atoms with E-state index in [2.05, 4.69) is 10.4 Å². The van der Waals surface area contributed by atoms with E-state index in [0.717, 1.165) is 12.1 Å². The fourth-order valence-corrected chi connectivity index (χ4v) is 2.51. The summed E-state index contributed by atoms with van der Waals surface area (Å²) in [5.41, 5.74) is 2.62. The zero-order chi connectivity index (χ0) is 18.2. The molecule has 0 aliphatic rings. The molecule has 1 aromatic carbocycles. The van der Waals surface area contributed by atoms with E-state index >= 15 is 0 Å². The minimum Gasteiger partial charge on any atom is -0.382 e. The highest BCUT2D eigenvalue weighted by Crippen LogP contribution is 2.18. The van der Waals surface area contributed by atoms with Crippen molar-refractivity contribution in [3.63, 3.8) is 0 Å². The minimum absolute atomic E-state index is 0.166. The molecule has 0 radical (unpaired) electrons. The van der Waals surface area contributed by atoms with Crippen molar-refractivity contribution in [3.8, 4) is 5.69 Å². The molecule has 6 nitrogen and oxygen atoms in total. The van der Waals surface area contributed by atoms with Gasteiger partial charge in [-0.25, -0.2) is 9.07 Å². The molecule has 1 aromatic heterocycles. The highest BCUT2D eigenvalue weighted by atomic mass is 19.1. The number of carbonyl (C=O) groups is 1. The standard InChI is InChI=1S/C18H24FN3O3/c1-13-17(18(23)20-9-4-10-25-12-11-24-3)14(2)22(21-13)16-7-5-15(19)6-8-16/h5-8H,4,9-12H2,1-3H3,(H,20,23). The number of hydrogen-bond acceptors (Lipinski definition) is 4. The van der Waals surface area contributed by atoms with Crippen molar-refractivity contribution in [2.24, 2.45) is 0 Å². The summed E-state index contributed by atoms with van der Waals surface area (Å²) in [6, 6.07) is 6.01. The Hall–Kier alpha value is -2.25. The van der Waals surface area contributed by atoms with Crippen molar-refractivity contribution in [1.82, 2.24) is 15.1 Å². The van der Waals surface area contributed by atoms with Crippen LogP contribution in [0.5, 0.6) is 0 Å². The number of methoxy groups -OCH3 is 1. The number of hydrogen-bond donors (Lipinski definition) is 1. The second-order valence-electron chi connectivity index (χ2n) is 5.65. The average Bonchev–Trinajstić information content (AvgIpc) is 2.89. The number of carbonyl (C=O) groups excluding carboxylic acids is 1. The number of amides is 1. The first-order valence-corrected chi connectivity index (χ1v) is 8.21. The lowest BCUT2D eigenvalue weighted by atomic mass is 10.2. The Bertz CT molecular complexity index is 698. The fraction of sp³-hybridized carbons (Fsp3) is 0.444. The van der Waals surface area contributed by atoms with Crippen LogP contribution in [0.25, 0.3) is 5.69 Å². The number of ether oxygens (including phenoxy) is 2. The molecule has 1 amide bonds. The summed E-state index contributed by atoms with van der Waals surface area (Å²) in [6.07, 6.45) is 0.722. The fourth-order valence-electron chi connectivity index (χ4n) is 2.51. The molecule has 0 unspecified atom stereocenters. The molecule has 0 aliphatic carbocycles. The van der Waals surface area contributed by atoms with Crippen LogP contribution in [-0.4, -0.2) is 49.2 Å². The number of rotatable bonds is 9. The predicted molar refractivity (Wildman–Crippen MR) is 92.6 cm³/mol. The van der Waals surface area contributed by atoms with Crippen molar-refractivity contribution in [2.75, 3.05) is 33.5 Å². The van der Waals surface area contributed by atoms with Crippen LogP contribution < -0.4 is 5.32 Å². The molecule has 0 saturated heterocycles. The highest BCUT2D eigenvalue weighted by molar-refractivity contribution is 5.96. The van der Waals surface area contributed by atoms with Gasteiger partial charge in [-0.05, 0) is 44.5 Å². The van der Waals surface area contributed by atoms with Gasteiger partial charge in [-0.15, -0.1) is 0 Å². The lowest BCUT2D eigenvalue weighted by molar-refractivity contribution is 0.0688. The van der Waals surface area contributed by atoms with Gasteiger partial charge in [0.1, 0.15) is 5.82 Å². The minimum atomic E-state index is -0.309. The summed E-state index contributed by atoms with van der Waals surface area (Å²) >= 11 is 0. The van der Waals surface area contributed by atoms with E-state index in [-0.39, 0.29) is 11.7 Å². The quantitative estimate of drug-likeness (QED) is 0.706. The third kappa shape index (κ3) is 5.11. The maximum Gasteiger partial charge on any atom is 0.255 e. The van der Waals surface area contributed by atoms with Crippen LogP contribution >= 0.6 is 0 Å². The first-order valence-electron chi connectivity index (χ1n) is 8.21. The third-order valence-electron chi connectivity index (χ3n) is 3.77. The molecule has 2 aromatic rings. The molecule has 2 rings (SSSR count). The Morgan fingerprint density at radius 2 is 1.92 bits per heavy atom. The van der Waals surface area contributed by atoms with Crippen molar-refractivity contribution < 1.29 is 18.7 Å². The van der Waals surface area contributed by atoms with Crippen molar-refractivity contribution in [1.29, 1.82) is 0 Å². The van der Waals surface area contributed by atoms with Crippen LogP contribution in [0.1, 0.15) is 28.2 Å². The molecule has 7 heteroatoms. The summed E-state index contributed by atoms with van der Waals surface area (Å²) in [5.74, 6) is -0.476. The van der Waals surface area contributed by atoms with Gasteiger partial charge in [-0.1, -0.05) is 0 Å². The third-order valence-corrected chi connectivity index (χ3v) is 3.77. The molecule has 0 saturated carbocycles. The summed E-state index contributed by atoms with van der Waals surface area (Å²) in [5, 5.41) is 7.29. The highest BCUT2D eigenvalue weighted by Gasteiger charge is 2.19. The maximum atomic E-state index is 13.1. The summed E-state index contributed by atoms with van der Waals surface area (Å²) < 4.78 is 25.0. The summed E-state index contributed by atoms with van der Waals surface area (Å²) in [6.45, 7) is 5.81. The van der Waals surface area contributed by atoms with Gasteiger partial charge < -0.3 is 14.8 Å². The Labute approximate surface area is 146 Å². The molecule has 25 heavy (non-hydrogen) atoms. The van der Waals surface area contributed by atoms with E-state index in [1.54, 1.807) is 30.8 Å². The van der Waals surface area contributed by atoms with Crippen LogP contribution in [0, 0.1) is 19.7 Å². The van der Waals surface area contributed by atoms with Gasteiger partial charge in [0.15, 0.2) is 0 Å². The Morgan fingerprint density at radius 1 is 1.20 bits per heavy atom. The summed E-state index contributed by atoms with van der Waals surface area (Å²) in [4.78, 5) is 12.4. The van der Waals surface area contributed by atoms with Crippen molar-refractivity contribution in [3.05, 3.63) is 47.0 Å². The van der Waals surface area contributed by atoms with Crippen LogP contribution in [0.15, 0.2) is 24.3 Å². The molecule has 0 bridgehead atoms. The van der Waals surface area contributed by atoms with Gasteiger partial charge in [0.25, 0.3) is 5.91 Å². The molecule has 1 heterocycles. The lowest BCUT2D eigenvalue weighted by Gasteiger charge is -2.07. The molecule has 0 fully saturated rings. The second-order valence-corrected chi connectivity index (χ2v) is 5.65. The van der Waals surface area contributed by atoms with Gasteiger partial charge in [-0.2, -0.15) is 5.10 Å². The molecular formula is C18H24FN3O3. The zero-order valence-corrected chi connectivity index (χ0v) is 14.8. The molecular weight excluding hydrogens is 325 g/mol. The van der Waals surface area contributed by atoms with E-state index < -0.39 is 0 Å². The number of benzene rings is 1. The van der Waals surface area contributed by atoms with Crippen molar-refractivity contribution >= 4 is 5.91 Å². The molecule has 0 atom stereocenters. The van der Waals surface area contributed by atoms with Gasteiger partial charge in [0, 0.05) is 20.3 Å². The molecule has 0 spiro atoms. The number of nitrogens with one attached hydrogen (secondary N) is 1. The number of halogens is 1. The largest absolute Gasteiger partial charge is 0.382 e. The number of aryl methyl sites for hydroxylation is 1. The second kappa shape index (κ2) is 9.29. The molecule has 136 valence electrons. The summed E-state index contributed by atoms with van der Waals surface area (Å²) in [7, 11) is 1.63. The monoisotopic (exact) mass is 349 g/mol. The van der Waals surface area contributed by atoms with Crippen molar-refractivity contribution in [2.45, 2.75) is 20.3 Å².